The van der Waals surface area contributed by atoms with E-state index in [2.05, 4.69) is 9.97 Å². The normalized spacial score (nSPS) is 16.4. The van der Waals surface area contributed by atoms with Crippen LogP contribution < -0.4 is 0 Å². The fourth-order valence-electron chi connectivity index (χ4n) is 3.47. The molecule has 4 rings (SSSR count). The van der Waals surface area contributed by atoms with Crippen LogP contribution in [0.4, 0.5) is 5.69 Å². The number of hydrogen-bond donors (Lipinski definition) is 1. The molecule has 1 saturated heterocycles. The van der Waals surface area contributed by atoms with Crippen LogP contribution in [-0.4, -0.2) is 58.7 Å². The number of rotatable bonds is 5. The number of aromatic nitrogens is 2. The van der Waals surface area contributed by atoms with Gasteiger partial charge in [-0.1, -0.05) is 18.2 Å². The van der Waals surface area contributed by atoms with Crippen LogP contribution in [-0.2, 0) is 16.6 Å². The first kappa shape index (κ1) is 18.5. The Balaban J connectivity index is 1.48. The van der Waals surface area contributed by atoms with E-state index in [1.807, 2.05) is 4.90 Å². The maximum absolute atomic E-state index is 13.0. The molecule has 1 aliphatic rings. The van der Waals surface area contributed by atoms with Crippen LogP contribution in [0.15, 0.2) is 53.7 Å². The average Bonchev–Trinajstić information content (AvgIpc) is 3.14. The van der Waals surface area contributed by atoms with E-state index in [-0.39, 0.29) is 15.5 Å². The molecule has 3 aromatic rings. The van der Waals surface area contributed by atoms with Crippen LogP contribution >= 0.6 is 0 Å². The zero-order valence-electron chi connectivity index (χ0n) is 15.0. The lowest BCUT2D eigenvalue weighted by Crippen LogP contribution is -2.48. The lowest BCUT2D eigenvalue weighted by molar-refractivity contribution is -0.385. The smallest absolute Gasteiger partial charge is 0.273 e. The third-order valence-corrected chi connectivity index (χ3v) is 6.88. The summed E-state index contributed by atoms with van der Waals surface area (Å²) >= 11 is 0. The number of nitro benzene ring substituents is 1. The first-order valence-corrected chi connectivity index (χ1v) is 10.3. The molecule has 0 aliphatic carbocycles. The number of sulfonamides is 1. The maximum Gasteiger partial charge on any atom is 0.273 e. The van der Waals surface area contributed by atoms with E-state index in [9.17, 15) is 18.5 Å². The van der Waals surface area contributed by atoms with Gasteiger partial charge in [-0.15, -0.1) is 0 Å². The summed E-state index contributed by atoms with van der Waals surface area (Å²) in [7, 11) is -3.64. The highest BCUT2D eigenvalue weighted by Gasteiger charge is 2.31. The molecule has 3 heterocycles. The van der Waals surface area contributed by atoms with Crippen LogP contribution in [0.2, 0.25) is 0 Å². The van der Waals surface area contributed by atoms with Gasteiger partial charge in [-0.2, -0.15) is 4.31 Å². The average molecular weight is 401 g/mol. The fourth-order valence-corrected chi connectivity index (χ4v) is 5.05. The van der Waals surface area contributed by atoms with Crippen LogP contribution in [0, 0.1) is 10.1 Å². The van der Waals surface area contributed by atoms with Crippen molar-refractivity contribution in [3.05, 3.63) is 64.5 Å². The van der Waals surface area contributed by atoms with E-state index < -0.39 is 10.0 Å². The Kier molecular flexibility index (Phi) is 4.84. The van der Waals surface area contributed by atoms with Gasteiger partial charge in [-0.25, -0.2) is 13.4 Å². The third-order valence-electron chi connectivity index (χ3n) is 4.94. The van der Waals surface area contributed by atoms with Gasteiger partial charge in [0.05, 0.1) is 4.92 Å². The van der Waals surface area contributed by atoms with Crippen molar-refractivity contribution >= 4 is 26.7 Å². The molecular weight excluding hydrogens is 382 g/mol. The van der Waals surface area contributed by atoms with Crippen molar-refractivity contribution < 1.29 is 13.3 Å². The maximum atomic E-state index is 13.0. The molecule has 1 N–H and O–H groups in total. The Morgan fingerprint density at radius 1 is 1.11 bits per heavy atom. The van der Waals surface area contributed by atoms with Gasteiger partial charge in [0.1, 0.15) is 10.5 Å². The minimum atomic E-state index is -3.64. The highest BCUT2D eigenvalue weighted by molar-refractivity contribution is 7.89. The van der Waals surface area contributed by atoms with Crippen LogP contribution in [0.25, 0.3) is 11.0 Å². The molecule has 146 valence electrons. The number of piperazine rings is 1. The number of para-hydroxylation sites is 1. The Morgan fingerprint density at radius 3 is 2.61 bits per heavy atom. The largest absolute Gasteiger partial charge is 0.345 e. The molecule has 1 fully saturated rings. The summed E-state index contributed by atoms with van der Waals surface area (Å²) in [5.74, 6) is 0. The van der Waals surface area contributed by atoms with Gasteiger partial charge < -0.3 is 4.98 Å². The first-order valence-electron chi connectivity index (χ1n) is 8.84. The number of nitrogens with one attached hydrogen (secondary N) is 1. The summed E-state index contributed by atoms with van der Waals surface area (Å²) in [6, 6.07) is 10.1. The van der Waals surface area contributed by atoms with Crippen molar-refractivity contribution in [1.82, 2.24) is 19.2 Å². The highest BCUT2D eigenvalue weighted by Crippen LogP contribution is 2.26. The van der Waals surface area contributed by atoms with Crippen molar-refractivity contribution in [2.75, 3.05) is 26.2 Å². The summed E-state index contributed by atoms with van der Waals surface area (Å²) in [4.78, 5) is 20.1. The Labute approximate surface area is 161 Å². The molecule has 0 atom stereocenters. The second-order valence-electron chi connectivity index (χ2n) is 6.62. The highest BCUT2D eigenvalue weighted by atomic mass is 32.2. The zero-order valence-corrected chi connectivity index (χ0v) is 15.8. The van der Waals surface area contributed by atoms with E-state index in [1.165, 1.54) is 16.6 Å². The molecule has 1 aromatic carbocycles. The summed E-state index contributed by atoms with van der Waals surface area (Å²) in [5, 5.41) is 11.8. The number of aromatic amines is 1. The fraction of sp³-hybridized carbons (Fsp3) is 0.278. The molecule has 0 unspecified atom stereocenters. The quantitative estimate of drug-likeness (QED) is 0.517. The van der Waals surface area contributed by atoms with Crippen LogP contribution in [0.3, 0.4) is 0 Å². The third kappa shape index (κ3) is 3.37. The van der Waals surface area contributed by atoms with Crippen LogP contribution in [0.5, 0.6) is 0 Å². The van der Waals surface area contributed by atoms with Gasteiger partial charge in [0.25, 0.3) is 5.69 Å². The number of fused-ring (bicyclic) bond motifs is 1. The van der Waals surface area contributed by atoms with E-state index in [1.54, 1.807) is 36.5 Å². The number of hydrogen-bond acceptors (Lipinski definition) is 6. The molecule has 0 spiro atoms. The van der Waals surface area contributed by atoms with Crippen molar-refractivity contribution in [1.29, 1.82) is 0 Å². The zero-order chi connectivity index (χ0) is 19.7. The number of nitrogens with zero attached hydrogens (tertiary/aromatic N) is 4. The Morgan fingerprint density at radius 2 is 1.86 bits per heavy atom. The van der Waals surface area contributed by atoms with E-state index in [0.717, 1.165) is 0 Å². The number of pyridine rings is 1. The summed E-state index contributed by atoms with van der Waals surface area (Å²) in [6.45, 7) is 2.09. The molecule has 0 saturated carbocycles. The Bertz CT molecular complexity index is 1120. The summed E-state index contributed by atoms with van der Waals surface area (Å²) in [6.07, 6.45) is 3.09. The van der Waals surface area contributed by atoms with Crippen molar-refractivity contribution in [3.63, 3.8) is 0 Å². The van der Waals surface area contributed by atoms with Gasteiger partial charge >= 0.3 is 0 Å². The second kappa shape index (κ2) is 7.30. The van der Waals surface area contributed by atoms with Crippen LogP contribution in [0.1, 0.15) is 5.56 Å². The standard InChI is InChI=1S/C18H19N5O4S/c24-23(25)16-6-2-1-4-14(16)13-21-8-10-22(11-9-21)28(26,27)17-12-20-18-15(17)5-3-7-19-18/h1-7,12H,8-11,13H2,(H,19,20). The molecule has 1 aliphatic heterocycles. The minimum absolute atomic E-state index is 0.0869. The second-order valence-corrected chi connectivity index (χ2v) is 8.52. The lowest BCUT2D eigenvalue weighted by atomic mass is 10.1. The first-order chi connectivity index (χ1) is 13.5. The predicted molar refractivity (Wildman–Crippen MR) is 103 cm³/mol. The van der Waals surface area contributed by atoms with Gasteiger partial charge in [-0.05, 0) is 12.1 Å². The molecule has 28 heavy (non-hydrogen) atoms. The number of nitro groups is 1. The topological polar surface area (TPSA) is 112 Å². The summed E-state index contributed by atoms with van der Waals surface area (Å²) < 4.78 is 27.5. The molecule has 9 nitrogen and oxygen atoms in total. The van der Waals surface area contributed by atoms with Crippen molar-refractivity contribution in [2.24, 2.45) is 0 Å². The number of H-pyrrole nitrogens is 1. The van der Waals surface area contributed by atoms with E-state index >= 15 is 0 Å². The monoisotopic (exact) mass is 401 g/mol. The summed E-state index contributed by atoms with van der Waals surface area (Å²) in [5.41, 5.74) is 1.26. The molecule has 0 amide bonds. The molecular formula is C18H19N5O4S. The van der Waals surface area contributed by atoms with Crippen molar-refractivity contribution in [3.8, 4) is 0 Å². The van der Waals surface area contributed by atoms with Gasteiger partial charge in [0, 0.05) is 62.1 Å². The molecule has 2 aromatic heterocycles. The Hall–Kier alpha value is -2.82. The van der Waals surface area contributed by atoms with Gasteiger partial charge in [0.15, 0.2) is 0 Å². The predicted octanol–water partition coefficient (Wildman–Crippen LogP) is 1.98. The van der Waals surface area contributed by atoms with Crippen molar-refractivity contribution in [2.45, 2.75) is 11.4 Å². The molecule has 0 radical (unpaired) electrons. The lowest BCUT2D eigenvalue weighted by Gasteiger charge is -2.33. The SMILES string of the molecule is O=[N+]([O-])c1ccccc1CN1CCN(S(=O)(=O)c2c[nH]c3ncccc23)CC1. The van der Waals surface area contributed by atoms with Gasteiger partial charge in [-0.3, -0.25) is 15.0 Å². The minimum Gasteiger partial charge on any atom is -0.345 e. The molecule has 10 heteroatoms. The molecule has 0 bridgehead atoms. The number of benzene rings is 1. The van der Waals surface area contributed by atoms with E-state index in [4.69, 9.17) is 0 Å². The van der Waals surface area contributed by atoms with E-state index in [0.29, 0.717) is 49.3 Å². The van der Waals surface area contributed by atoms with Gasteiger partial charge in [0.2, 0.25) is 10.0 Å².